The summed E-state index contributed by atoms with van der Waals surface area (Å²) >= 11 is 0. The van der Waals surface area contributed by atoms with Crippen LogP contribution in [0.15, 0.2) is 30.5 Å². The number of anilines is 1. The summed E-state index contributed by atoms with van der Waals surface area (Å²) in [5, 5.41) is 14.3. The molecule has 0 radical (unpaired) electrons. The predicted molar refractivity (Wildman–Crippen MR) is 157 cm³/mol. The molecule has 2 aliphatic rings. The molecule has 224 valence electrons. The fraction of sp³-hybridized carbons (Fsp3) is 0.613. The van der Waals surface area contributed by atoms with E-state index in [-0.39, 0.29) is 0 Å². The zero-order valence-corrected chi connectivity index (χ0v) is 25.5. The summed E-state index contributed by atoms with van der Waals surface area (Å²) in [4.78, 5) is 39.4. The number of rotatable bonds is 9. The highest BCUT2D eigenvalue weighted by Gasteiger charge is 2.59. The molecular formula is C31H45N5O5. The first kappa shape index (κ1) is 30.6. The Bertz CT molecular complexity index is 1240. The predicted octanol–water partition coefficient (Wildman–Crippen LogP) is 4.99. The molecule has 2 fully saturated rings. The van der Waals surface area contributed by atoms with Gasteiger partial charge in [-0.1, -0.05) is 39.3 Å². The lowest BCUT2D eigenvalue weighted by Crippen LogP contribution is -2.48. The number of hydrogen-bond acceptors (Lipinski definition) is 8. The van der Waals surface area contributed by atoms with Crippen LogP contribution in [0, 0.1) is 11.3 Å². The lowest BCUT2D eigenvalue weighted by Gasteiger charge is -2.35. The number of aromatic nitrogens is 2. The maximum absolute atomic E-state index is 13.7. The molecule has 3 heterocycles. The van der Waals surface area contributed by atoms with Crippen molar-refractivity contribution in [2.75, 3.05) is 26.1 Å². The largest absolute Gasteiger partial charge is 0.481 e. The Balaban J connectivity index is 1.82. The Morgan fingerprint density at radius 2 is 1.90 bits per heavy atom. The molecule has 0 unspecified atom stereocenters. The second-order valence-electron chi connectivity index (χ2n) is 12.7. The number of nitrogens with zero attached hydrogens (tertiary/aromatic N) is 4. The maximum Gasteiger partial charge on any atom is 0.411 e. The van der Waals surface area contributed by atoms with E-state index >= 15 is 0 Å². The number of methoxy groups -OCH3 is 1. The first-order valence-corrected chi connectivity index (χ1v) is 14.5. The van der Waals surface area contributed by atoms with E-state index in [2.05, 4.69) is 16.4 Å². The minimum atomic E-state index is -1.13. The number of likely N-dealkylation sites (tertiary alicyclic amines) is 1. The van der Waals surface area contributed by atoms with Crippen molar-refractivity contribution in [2.45, 2.75) is 90.6 Å². The molecule has 1 saturated carbocycles. The van der Waals surface area contributed by atoms with Gasteiger partial charge in [-0.15, -0.1) is 0 Å². The standard InChI is InChI=1S/C31H45N5O5/c1-18(2)41-30(39)36-25(21-13-10-16-32-27(21)35(6)7)24(23(31(3,4)5)26(36)29(37)38)33-17-20-14-15-22(19-11-9-12-19)34-28(20)40-8/h10,13-16,18-19,23-26,33H,9,11-12,17H2,1-8H3,(H,37,38)/t23-,24-,25-,26-/m0/s1. The number of aliphatic carboxylic acids is 1. The van der Waals surface area contributed by atoms with Crippen LogP contribution < -0.4 is 15.0 Å². The third-order valence-electron chi connectivity index (χ3n) is 8.23. The highest BCUT2D eigenvalue weighted by molar-refractivity contribution is 5.82. The normalized spacial score (nSPS) is 22.9. The first-order chi connectivity index (χ1) is 19.3. The summed E-state index contributed by atoms with van der Waals surface area (Å²) in [5.41, 5.74) is 2.18. The van der Waals surface area contributed by atoms with Crippen molar-refractivity contribution in [1.29, 1.82) is 0 Å². The van der Waals surface area contributed by atoms with Crippen LogP contribution in [0.4, 0.5) is 10.6 Å². The molecule has 10 nitrogen and oxygen atoms in total. The van der Waals surface area contributed by atoms with Gasteiger partial charge in [-0.25, -0.2) is 19.6 Å². The van der Waals surface area contributed by atoms with Gasteiger partial charge >= 0.3 is 12.1 Å². The molecule has 1 saturated heterocycles. The number of ether oxygens (including phenoxy) is 2. The second kappa shape index (κ2) is 12.2. The van der Waals surface area contributed by atoms with Gasteiger partial charge in [0.05, 0.1) is 19.3 Å². The van der Waals surface area contributed by atoms with Gasteiger partial charge in [-0.2, -0.15) is 0 Å². The van der Waals surface area contributed by atoms with Crippen LogP contribution in [0.3, 0.4) is 0 Å². The van der Waals surface area contributed by atoms with Crippen LogP contribution in [0.1, 0.15) is 82.7 Å². The van der Waals surface area contributed by atoms with Crippen molar-refractivity contribution in [1.82, 2.24) is 20.2 Å². The van der Waals surface area contributed by atoms with Crippen LogP contribution in [0.5, 0.6) is 5.88 Å². The number of carbonyl (C=O) groups is 2. The van der Waals surface area contributed by atoms with Crippen molar-refractivity contribution in [3.8, 4) is 5.88 Å². The van der Waals surface area contributed by atoms with Gasteiger partial charge < -0.3 is 24.8 Å². The highest BCUT2D eigenvalue weighted by Crippen LogP contribution is 2.50. The van der Waals surface area contributed by atoms with Crippen molar-refractivity contribution in [3.05, 3.63) is 47.3 Å². The Hall–Kier alpha value is -3.40. The second-order valence-corrected chi connectivity index (χ2v) is 12.7. The van der Waals surface area contributed by atoms with Gasteiger partial charge in [0.15, 0.2) is 0 Å². The smallest absolute Gasteiger partial charge is 0.411 e. The molecule has 4 rings (SSSR count). The fourth-order valence-electron chi connectivity index (χ4n) is 6.24. The molecule has 1 amide bonds. The third kappa shape index (κ3) is 6.27. The molecule has 2 aromatic heterocycles. The van der Waals surface area contributed by atoms with Gasteiger partial charge in [-0.3, -0.25) is 4.90 Å². The average Bonchev–Trinajstić information content (AvgIpc) is 3.22. The Labute approximate surface area is 243 Å². The summed E-state index contributed by atoms with van der Waals surface area (Å²) in [6.45, 7) is 9.95. The van der Waals surface area contributed by atoms with Crippen molar-refractivity contribution in [3.63, 3.8) is 0 Å². The molecule has 0 bridgehead atoms. The topological polar surface area (TPSA) is 117 Å². The van der Waals surface area contributed by atoms with Crippen LogP contribution in [-0.2, 0) is 16.1 Å². The number of hydrogen-bond donors (Lipinski definition) is 2. The minimum Gasteiger partial charge on any atom is -0.481 e. The van der Waals surface area contributed by atoms with Gasteiger partial charge in [0.1, 0.15) is 11.9 Å². The van der Waals surface area contributed by atoms with Crippen LogP contribution in [0.2, 0.25) is 0 Å². The molecule has 41 heavy (non-hydrogen) atoms. The lowest BCUT2D eigenvalue weighted by atomic mass is 9.72. The van der Waals surface area contributed by atoms with Crippen molar-refractivity contribution < 1.29 is 24.2 Å². The zero-order valence-electron chi connectivity index (χ0n) is 25.5. The Morgan fingerprint density at radius 3 is 2.44 bits per heavy atom. The highest BCUT2D eigenvalue weighted by atomic mass is 16.6. The molecule has 0 spiro atoms. The summed E-state index contributed by atoms with van der Waals surface area (Å²) < 4.78 is 11.4. The zero-order chi connectivity index (χ0) is 30.1. The van der Waals surface area contributed by atoms with Crippen molar-refractivity contribution >= 4 is 17.9 Å². The molecule has 10 heteroatoms. The maximum atomic E-state index is 13.7. The van der Waals surface area contributed by atoms with E-state index < -0.39 is 47.6 Å². The third-order valence-corrected chi connectivity index (χ3v) is 8.23. The number of carboxylic acids is 1. The number of amides is 1. The first-order valence-electron chi connectivity index (χ1n) is 14.5. The molecule has 1 aliphatic heterocycles. The molecule has 1 aliphatic carbocycles. The van der Waals surface area contributed by atoms with Crippen molar-refractivity contribution in [2.24, 2.45) is 11.3 Å². The van der Waals surface area contributed by atoms with Gasteiger partial charge in [0.2, 0.25) is 5.88 Å². The SMILES string of the molecule is COc1nc(C2CCC2)ccc1CN[C@H]1[C@H](C(C)(C)C)[C@@H](C(=O)O)N(C(=O)OC(C)C)[C@H]1c1cccnc1N(C)C. The van der Waals surface area contributed by atoms with Gasteiger partial charge in [0, 0.05) is 61.5 Å². The Morgan fingerprint density at radius 1 is 1.20 bits per heavy atom. The van der Waals surface area contributed by atoms with Gasteiger partial charge in [0.25, 0.3) is 0 Å². The molecule has 0 aromatic carbocycles. The number of nitrogens with one attached hydrogen (secondary N) is 1. The molecule has 4 atom stereocenters. The molecule has 2 N–H and O–H groups in total. The van der Waals surface area contributed by atoms with Gasteiger partial charge in [-0.05, 0) is 44.2 Å². The lowest BCUT2D eigenvalue weighted by molar-refractivity contribution is -0.144. The average molecular weight is 568 g/mol. The number of carboxylic acid groups (broad SMARTS) is 1. The van der Waals surface area contributed by atoms with E-state index in [9.17, 15) is 14.7 Å². The number of carbonyl (C=O) groups excluding carboxylic acids is 1. The minimum absolute atomic E-state index is 0.381. The summed E-state index contributed by atoms with van der Waals surface area (Å²) in [5.74, 6) is 0.161. The van der Waals surface area contributed by atoms with E-state index in [0.29, 0.717) is 24.2 Å². The van der Waals surface area contributed by atoms with E-state index in [4.69, 9.17) is 14.5 Å². The van der Waals surface area contributed by atoms with E-state index in [1.165, 1.54) is 11.3 Å². The monoisotopic (exact) mass is 567 g/mol. The summed E-state index contributed by atoms with van der Waals surface area (Å²) in [6.07, 6.45) is 4.13. The summed E-state index contributed by atoms with van der Waals surface area (Å²) in [6, 6.07) is 5.60. The van der Waals surface area contributed by atoms with E-state index in [1.54, 1.807) is 27.2 Å². The van der Waals surface area contributed by atoms with Crippen LogP contribution in [-0.4, -0.2) is 71.4 Å². The quantitative estimate of drug-likeness (QED) is 0.432. The van der Waals surface area contributed by atoms with E-state index in [1.807, 2.05) is 58.0 Å². The molecular weight excluding hydrogens is 522 g/mol. The Kier molecular flexibility index (Phi) is 9.11. The number of pyridine rings is 2. The molecule has 2 aromatic rings. The van der Waals surface area contributed by atoms with Crippen LogP contribution in [0.25, 0.3) is 0 Å². The fourth-order valence-corrected chi connectivity index (χ4v) is 6.24. The van der Waals surface area contributed by atoms with Crippen LogP contribution >= 0.6 is 0 Å². The summed E-state index contributed by atoms with van der Waals surface area (Å²) in [7, 11) is 5.39. The van der Waals surface area contributed by atoms with E-state index in [0.717, 1.165) is 29.7 Å².